The van der Waals surface area contributed by atoms with E-state index in [4.69, 9.17) is 9.47 Å². The first-order valence-electron chi connectivity index (χ1n) is 9.34. The topological polar surface area (TPSA) is 78.3 Å². The van der Waals surface area contributed by atoms with Gasteiger partial charge in [-0.25, -0.2) is 4.39 Å². The van der Waals surface area contributed by atoms with Gasteiger partial charge < -0.3 is 14.8 Å². The van der Waals surface area contributed by atoms with Gasteiger partial charge in [-0.3, -0.25) is 9.36 Å². The van der Waals surface area contributed by atoms with Crippen molar-refractivity contribution in [2.75, 3.05) is 20.3 Å². The van der Waals surface area contributed by atoms with Crippen LogP contribution in [0.3, 0.4) is 0 Å². The first-order valence-corrected chi connectivity index (χ1v) is 10.2. The molecule has 28 heavy (non-hydrogen) atoms. The van der Waals surface area contributed by atoms with Crippen LogP contribution >= 0.6 is 11.8 Å². The maximum Gasteiger partial charge on any atom is 0.233 e. The molecule has 2 heterocycles. The Balaban J connectivity index is 1.80. The minimum absolute atomic E-state index is 0.0283. The molecular formula is C19H25FN4O3S. The zero-order chi connectivity index (χ0) is 19.9. The summed E-state index contributed by atoms with van der Waals surface area (Å²) in [5.41, 5.74) is 0. The minimum atomic E-state index is -0.428. The van der Waals surface area contributed by atoms with E-state index in [1.807, 2.05) is 11.5 Å². The van der Waals surface area contributed by atoms with Gasteiger partial charge in [0.25, 0.3) is 0 Å². The summed E-state index contributed by atoms with van der Waals surface area (Å²) in [7, 11) is 1.63. The highest BCUT2D eigenvalue weighted by atomic mass is 32.2. The molecule has 1 aliphatic rings. The van der Waals surface area contributed by atoms with Crippen LogP contribution in [0.15, 0.2) is 29.4 Å². The third-order valence-corrected chi connectivity index (χ3v) is 5.73. The summed E-state index contributed by atoms with van der Waals surface area (Å²) in [5.74, 6) is 0.321. The first kappa shape index (κ1) is 20.6. The van der Waals surface area contributed by atoms with Gasteiger partial charge in [0.15, 0.2) is 22.5 Å². The van der Waals surface area contributed by atoms with Gasteiger partial charge in [0, 0.05) is 13.7 Å². The van der Waals surface area contributed by atoms with Gasteiger partial charge in [-0.15, -0.1) is 10.2 Å². The van der Waals surface area contributed by atoms with Gasteiger partial charge in [-0.2, -0.15) is 0 Å². The molecule has 9 heteroatoms. The van der Waals surface area contributed by atoms with E-state index in [1.165, 1.54) is 17.8 Å². The Hall–Kier alpha value is -2.13. The Bertz CT molecular complexity index is 801. The Labute approximate surface area is 168 Å². The number of nitrogens with one attached hydrogen (secondary N) is 1. The fourth-order valence-electron chi connectivity index (χ4n) is 3.10. The number of ether oxygens (including phenoxy) is 2. The standard InChI is InChI=1S/C19H25FN4O3S/c1-13(11-26-2)24-17(12-27-15-8-4-3-7-14(15)20)22-23-19(24)28-16-9-5-6-10-21-18(16)25/h3-4,7-8,13,16H,5-6,9-12H2,1-2H3,(H,21,25)/t13-,16-/m1/s1. The maximum absolute atomic E-state index is 13.8. The third-order valence-electron chi connectivity index (χ3n) is 4.51. The Morgan fingerprint density at radius 1 is 1.36 bits per heavy atom. The van der Waals surface area contributed by atoms with Crippen molar-refractivity contribution in [3.63, 3.8) is 0 Å². The predicted molar refractivity (Wildman–Crippen MR) is 104 cm³/mol. The fraction of sp³-hybridized carbons (Fsp3) is 0.526. The number of carbonyl (C=O) groups is 1. The molecule has 0 aliphatic carbocycles. The Kier molecular flexibility index (Phi) is 7.27. The van der Waals surface area contributed by atoms with Crippen molar-refractivity contribution < 1.29 is 18.7 Å². The number of nitrogens with zero attached hydrogens (tertiary/aromatic N) is 3. The van der Waals surface area contributed by atoms with E-state index < -0.39 is 5.82 Å². The molecule has 1 aromatic carbocycles. The van der Waals surface area contributed by atoms with Crippen LogP contribution in [0.4, 0.5) is 4.39 Å². The van der Waals surface area contributed by atoms with Crippen LogP contribution in [0, 0.1) is 5.82 Å². The molecule has 1 N–H and O–H groups in total. The molecular weight excluding hydrogens is 383 g/mol. The SMILES string of the molecule is COC[C@@H](C)n1c(COc2ccccc2F)nnc1S[C@@H]1CCCCNC1=O. The molecule has 1 amide bonds. The zero-order valence-corrected chi connectivity index (χ0v) is 16.9. The predicted octanol–water partition coefficient (Wildman–Crippen LogP) is 2.96. The lowest BCUT2D eigenvalue weighted by Crippen LogP contribution is -2.31. The number of rotatable bonds is 8. The number of thioether (sulfide) groups is 1. The summed E-state index contributed by atoms with van der Waals surface area (Å²) in [5, 5.41) is 11.9. The monoisotopic (exact) mass is 408 g/mol. The second-order valence-corrected chi connectivity index (χ2v) is 7.86. The number of amides is 1. The highest BCUT2D eigenvalue weighted by Gasteiger charge is 2.27. The lowest BCUT2D eigenvalue weighted by atomic mass is 10.2. The van der Waals surface area contributed by atoms with Crippen molar-refractivity contribution in [3.8, 4) is 5.75 Å². The highest BCUT2D eigenvalue weighted by Crippen LogP contribution is 2.30. The largest absolute Gasteiger partial charge is 0.483 e. The van der Waals surface area contributed by atoms with E-state index in [1.54, 1.807) is 25.3 Å². The molecule has 0 radical (unpaired) electrons. The number of carbonyl (C=O) groups excluding carboxylic acids is 1. The molecule has 3 rings (SSSR count). The third kappa shape index (κ3) is 5.02. The molecule has 7 nitrogen and oxygen atoms in total. The summed E-state index contributed by atoms with van der Waals surface area (Å²) in [6, 6.07) is 6.18. The Morgan fingerprint density at radius 2 is 2.18 bits per heavy atom. The molecule has 1 aromatic heterocycles. The number of hydrogen-bond acceptors (Lipinski definition) is 6. The summed E-state index contributed by atoms with van der Waals surface area (Å²) in [6.07, 6.45) is 2.77. The molecule has 2 atom stereocenters. The van der Waals surface area contributed by atoms with Crippen molar-refractivity contribution in [1.29, 1.82) is 0 Å². The average Bonchev–Trinajstić information content (AvgIpc) is 2.97. The van der Waals surface area contributed by atoms with Crippen LogP contribution in [0.2, 0.25) is 0 Å². The van der Waals surface area contributed by atoms with Crippen LogP contribution in [0.25, 0.3) is 0 Å². The van der Waals surface area contributed by atoms with Gasteiger partial charge >= 0.3 is 0 Å². The van der Waals surface area contributed by atoms with E-state index in [-0.39, 0.29) is 29.6 Å². The van der Waals surface area contributed by atoms with Gasteiger partial charge in [-0.1, -0.05) is 30.3 Å². The average molecular weight is 408 g/mol. The van der Waals surface area contributed by atoms with E-state index >= 15 is 0 Å². The highest BCUT2D eigenvalue weighted by molar-refractivity contribution is 8.00. The molecule has 0 saturated carbocycles. The van der Waals surface area contributed by atoms with Crippen LogP contribution < -0.4 is 10.1 Å². The normalized spacial score (nSPS) is 18.4. The molecule has 2 aromatic rings. The molecule has 0 unspecified atom stereocenters. The Morgan fingerprint density at radius 3 is 2.96 bits per heavy atom. The molecule has 0 bridgehead atoms. The van der Waals surface area contributed by atoms with Gasteiger partial charge in [-0.05, 0) is 31.9 Å². The van der Waals surface area contributed by atoms with Crippen LogP contribution in [0.5, 0.6) is 5.75 Å². The van der Waals surface area contributed by atoms with Crippen molar-refractivity contribution in [2.45, 2.75) is 49.2 Å². The van der Waals surface area contributed by atoms with Crippen molar-refractivity contribution in [1.82, 2.24) is 20.1 Å². The molecule has 152 valence electrons. The second kappa shape index (κ2) is 9.88. The van der Waals surface area contributed by atoms with E-state index in [9.17, 15) is 9.18 Å². The molecule has 1 aliphatic heterocycles. The minimum Gasteiger partial charge on any atom is -0.483 e. The summed E-state index contributed by atoms with van der Waals surface area (Å²) >= 11 is 1.40. The number of halogens is 1. The number of hydrogen-bond donors (Lipinski definition) is 1. The lowest BCUT2D eigenvalue weighted by molar-refractivity contribution is -0.120. The molecule has 0 spiro atoms. The van der Waals surface area contributed by atoms with Crippen LogP contribution in [-0.4, -0.2) is 46.2 Å². The number of para-hydroxylation sites is 1. The van der Waals surface area contributed by atoms with Crippen LogP contribution in [-0.2, 0) is 16.1 Å². The quantitative estimate of drug-likeness (QED) is 0.724. The second-order valence-electron chi connectivity index (χ2n) is 6.69. The van der Waals surface area contributed by atoms with E-state index in [0.717, 1.165) is 19.3 Å². The number of benzene rings is 1. The summed E-state index contributed by atoms with van der Waals surface area (Å²) in [4.78, 5) is 12.3. The van der Waals surface area contributed by atoms with E-state index in [2.05, 4.69) is 15.5 Å². The van der Waals surface area contributed by atoms with Crippen molar-refractivity contribution >= 4 is 17.7 Å². The number of aromatic nitrogens is 3. The molecule has 1 saturated heterocycles. The van der Waals surface area contributed by atoms with E-state index in [0.29, 0.717) is 24.1 Å². The fourth-order valence-corrected chi connectivity index (χ4v) is 4.32. The zero-order valence-electron chi connectivity index (χ0n) is 16.1. The van der Waals surface area contributed by atoms with Crippen molar-refractivity contribution in [2.24, 2.45) is 0 Å². The van der Waals surface area contributed by atoms with Crippen LogP contribution in [0.1, 0.15) is 38.1 Å². The number of methoxy groups -OCH3 is 1. The van der Waals surface area contributed by atoms with Gasteiger partial charge in [0.1, 0.15) is 6.61 Å². The molecule has 1 fully saturated rings. The summed E-state index contributed by atoms with van der Waals surface area (Å²) < 4.78 is 26.6. The maximum atomic E-state index is 13.8. The first-order chi connectivity index (χ1) is 13.6. The summed E-state index contributed by atoms with van der Waals surface area (Å²) in [6.45, 7) is 3.22. The smallest absolute Gasteiger partial charge is 0.233 e. The lowest BCUT2D eigenvalue weighted by Gasteiger charge is -2.19. The van der Waals surface area contributed by atoms with Crippen molar-refractivity contribution in [3.05, 3.63) is 35.9 Å². The van der Waals surface area contributed by atoms with Gasteiger partial charge in [0.05, 0.1) is 17.9 Å². The van der Waals surface area contributed by atoms with Gasteiger partial charge in [0.2, 0.25) is 5.91 Å².